The third-order valence-electron chi connectivity index (χ3n) is 4.19. The van der Waals surface area contributed by atoms with Crippen molar-refractivity contribution in [1.82, 2.24) is 19.7 Å². The number of hydrogen-bond donors (Lipinski definition) is 1. The molecule has 8 nitrogen and oxygen atoms in total. The lowest BCUT2D eigenvalue weighted by Crippen LogP contribution is -2.37. The quantitative estimate of drug-likeness (QED) is 0.767. The van der Waals surface area contributed by atoms with Gasteiger partial charge in [0.2, 0.25) is 5.95 Å². The SMILES string of the molecule is O=C(O)c1cnc(N2CCOCC2)nc1-c1cccc(-n2cccn2)c1. The number of nitrogens with zero attached hydrogens (tertiary/aromatic N) is 5. The lowest BCUT2D eigenvalue weighted by molar-refractivity contribution is 0.0697. The van der Waals surface area contributed by atoms with E-state index >= 15 is 0 Å². The van der Waals surface area contributed by atoms with Crippen molar-refractivity contribution in [2.24, 2.45) is 0 Å². The Morgan fingerprint density at radius 2 is 2.04 bits per heavy atom. The highest BCUT2D eigenvalue weighted by Crippen LogP contribution is 2.26. The van der Waals surface area contributed by atoms with Crippen LogP contribution in [0.2, 0.25) is 0 Å². The van der Waals surface area contributed by atoms with Gasteiger partial charge in [-0.3, -0.25) is 0 Å². The van der Waals surface area contributed by atoms with Crippen molar-refractivity contribution < 1.29 is 14.6 Å². The Hall–Kier alpha value is -3.26. The standard InChI is InChI=1S/C18H17N5O3/c24-17(25)15-12-19-18(22-7-9-26-10-8-22)21-16(15)13-3-1-4-14(11-13)23-6-2-5-20-23/h1-6,11-12H,7-10H2,(H,24,25). The Labute approximate surface area is 149 Å². The number of carboxylic acid groups (broad SMARTS) is 1. The first-order chi connectivity index (χ1) is 12.7. The maximum absolute atomic E-state index is 11.7. The molecule has 0 unspecified atom stereocenters. The molecule has 1 aliphatic heterocycles. The normalized spacial score (nSPS) is 14.4. The molecule has 132 valence electrons. The van der Waals surface area contributed by atoms with E-state index in [-0.39, 0.29) is 5.56 Å². The average Bonchev–Trinajstić information content (AvgIpc) is 3.23. The monoisotopic (exact) mass is 351 g/mol. The zero-order chi connectivity index (χ0) is 17.9. The molecule has 8 heteroatoms. The first-order valence-corrected chi connectivity index (χ1v) is 8.26. The van der Waals surface area contributed by atoms with Gasteiger partial charge in [-0.25, -0.2) is 19.4 Å². The number of carbonyl (C=O) groups is 1. The predicted molar refractivity (Wildman–Crippen MR) is 94.6 cm³/mol. The van der Waals surface area contributed by atoms with Crippen LogP contribution in [0.25, 0.3) is 16.9 Å². The summed E-state index contributed by atoms with van der Waals surface area (Å²) in [5.74, 6) is -0.546. The van der Waals surface area contributed by atoms with Gasteiger partial charge in [0, 0.05) is 37.2 Å². The van der Waals surface area contributed by atoms with Gasteiger partial charge in [0.15, 0.2) is 0 Å². The van der Waals surface area contributed by atoms with Crippen LogP contribution in [0.5, 0.6) is 0 Å². The number of morpholine rings is 1. The molecule has 0 atom stereocenters. The van der Waals surface area contributed by atoms with E-state index in [9.17, 15) is 9.90 Å². The van der Waals surface area contributed by atoms with Gasteiger partial charge in [-0.2, -0.15) is 5.10 Å². The first-order valence-electron chi connectivity index (χ1n) is 8.26. The summed E-state index contributed by atoms with van der Waals surface area (Å²) in [5, 5.41) is 13.8. The van der Waals surface area contributed by atoms with E-state index in [0.29, 0.717) is 43.5 Å². The second-order valence-corrected chi connectivity index (χ2v) is 5.84. The maximum Gasteiger partial charge on any atom is 0.339 e. The second-order valence-electron chi connectivity index (χ2n) is 5.84. The zero-order valence-corrected chi connectivity index (χ0v) is 13.9. The lowest BCUT2D eigenvalue weighted by atomic mass is 10.1. The van der Waals surface area contributed by atoms with Crippen molar-refractivity contribution in [3.8, 4) is 16.9 Å². The van der Waals surface area contributed by atoms with Gasteiger partial charge in [0.25, 0.3) is 0 Å². The summed E-state index contributed by atoms with van der Waals surface area (Å²) in [5.41, 5.74) is 1.99. The first kappa shape index (κ1) is 16.2. The molecule has 1 saturated heterocycles. The molecule has 2 aromatic heterocycles. The Morgan fingerprint density at radius 1 is 1.19 bits per heavy atom. The van der Waals surface area contributed by atoms with Gasteiger partial charge in [-0.1, -0.05) is 12.1 Å². The van der Waals surface area contributed by atoms with Crippen LogP contribution in [0.4, 0.5) is 5.95 Å². The van der Waals surface area contributed by atoms with Crippen molar-refractivity contribution in [3.63, 3.8) is 0 Å². The molecule has 3 heterocycles. The number of ether oxygens (including phenoxy) is 1. The number of aromatic carboxylic acids is 1. The Morgan fingerprint density at radius 3 is 2.77 bits per heavy atom. The Balaban J connectivity index is 1.78. The van der Waals surface area contributed by atoms with Crippen LogP contribution in [-0.4, -0.2) is 57.1 Å². The van der Waals surface area contributed by atoms with Crippen LogP contribution < -0.4 is 4.90 Å². The van der Waals surface area contributed by atoms with Crippen LogP contribution >= 0.6 is 0 Å². The van der Waals surface area contributed by atoms with Crippen molar-refractivity contribution in [2.75, 3.05) is 31.2 Å². The fraction of sp³-hybridized carbons (Fsp3) is 0.222. The van der Waals surface area contributed by atoms with E-state index in [1.807, 2.05) is 41.4 Å². The lowest BCUT2D eigenvalue weighted by Gasteiger charge is -2.27. The third-order valence-corrected chi connectivity index (χ3v) is 4.19. The summed E-state index contributed by atoms with van der Waals surface area (Å²) in [4.78, 5) is 22.5. The minimum atomic E-state index is -1.06. The van der Waals surface area contributed by atoms with Gasteiger partial charge in [0.1, 0.15) is 5.56 Å². The van der Waals surface area contributed by atoms with Gasteiger partial charge in [0.05, 0.1) is 24.6 Å². The Bertz CT molecular complexity index is 920. The number of anilines is 1. The molecule has 0 radical (unpaired) electrons. The van der Waals surface area contributed by atoms with E-state index in [1.165, 1.54) is 6.20 Å². The Kier molecular flexibility index (Phi) is 4.32. The highest BCUT2D eigenvalue weighted by atomic mass is 16.5. The summed E-state index contributed by atoms with van der Waals surface area (Å²) in [6.45, 7) is 2.57. The molecule has 0 amide bonds. The minimum Gasteiger partial charge on any atom is -0.478 e. The molecular formula is C18H17N5O3. The summed E-state index contributed by atoms with van der Waals surface area (Å²) < 4.78 is 7.07. The molecule has 0 spiro atoms. The van der Waals surface area contributed by atoms with Crippen molar-refractivity contribution in [1.29, 1.82) is 0 Å². The molecule has 0 bridgehead atoms. The number of hydrogen-bond acceptors (Lipinski definition) is 6. The van der Waals surface area contributed by atoms with Crippen LogP contribution in [0, 0.1) is 0 Å². The maximum atomic E-state index is 11.7. The molecule has 1 aromatic carbocycles. The molecule has 26 heavy (non-hydrogen) atoms. The summed E-state index contributed by atoms with van der Waals surface area (Å²) in [6.07, 6.45) is 4.89. The van der Waals surface area contributed by atoms with Crippen LogP contribution in [0.3, 0.4) is 0 Å². The van der Waals surface area contributed by atoms with Crippen molar-refractivity contribution in [2.45, 2.75) is 0 Å². The summed E-state index contributed by atoms with van der Waals surface area (Å²) in [6, 6.07) is 9.29. The van der Waals surface area contributed by atoms with E-state index in [2.05, 4.69) is 15.1 Å². The largest absolute Gasteiger partial charge is 0.478 e. The minimum absolute atomic E-state index is 0.0691. The van der Waals surface area contributed by atoms with E-state index in [0.717, 1.165) is 5.69 Å². The number of aromatic nitrogens is 4. The van der Waals surface area contributed by atoms with E-state index < -0.39 is 5.97 Å². The smallest absolute Gasteiger partial charge is 0.339 e. The van der Waals surface area contributed by atoms with E-state index in [1.54, 1.807) is 10.9 Å². The number of carboxylic acids is 1. The molecule has 1 aliphatic rings. The van der Waals surface area contributed by atoms with Gasteiger partial charge >= 0.3 is 5.97 Å². The molecule has 0 saturated carbocycles. The van der Waals surface area contributed by atoms with Crippen LogP contribution in [0.15, 0.2) is 48.9 Å². The predicted octanol–water partition coefficient (Wildman–Crippen LogP) is 1.86. The fourth-order valence-corrected chi connectivity index (χ4v) is 2.88. The fourth-order valence-electron chi connectivity index (χ4n) is 2.88. The molecule has 1 N–H and O–H groups in total. The average molecular weight is 351 g/mol. The zero-order valence-electron chi connectivity index (χ0n) is 13.9. The molecule has 1 fully saturated rings. The van der Waals surface area contributed by atoms with E-state index in [4.69, 9.17) is 4.74 Å². The highest BCUT2D eigenvalue weighted by molar-refractivity contribution is 5.94. The third kappa shape index (κ3) is 3.14. The summed E-state index contributed by atoms with van der Waals surface area (Å²) >= 11 is 0. The van der Waals surface area contributed by atoms with Crippen molar-refractivity contribution >= 4 is 11.9 Å². The van der Waals surface area contributed by atoms with Gasteiger partial charge in [-0.05, 0) is 18.2 Å². The van der Waals surface area contributed by atoms with Gasteiger partial charge < -0.3 is 14.7 Å². The second kappa shape index (κ2) is 6.93. The molecular weight excluding hydrogens is 334 g/mol. The topological polar surface area (TPSA) is 93.4 Å². The number of rotatable bonds is 4. The summed E-state index contributed by atoms with van der Waals surface area (Å²) in [7, 11) is 0. The molecule has 0 aliphatic carbocycles. The molecule has 3 aromatic rings. The van der Waals surface area contributed by atoms with Gasteiger partial charge in [-0.15, -0.1) is 0 Å². The van der Waals surface area contributed by atoms with Crippen LogP contribution in [-0.2, 0) is 4.74 Å². The van der Waals surface area contributed by atoms with Crippen molar-refractivity contribution in [3.05, 3.63) is 54.5 Å². The number of benzene rings is 1. The molecule has 4 rings (SSSR count). The van der Waals surface area contributed by atoms with Crippen LogP contribution in [0.1, 0.15) is 10.4 Å². The highest BCUT2D eigenvalue weighted by Gasteiger charge is 2.20.